The van der Waals surface area contributed by atoms with Gasteiger partial charge in [-0.1, -0.05) is 39.8 Å². The van der Waals surface area contributed by atoms with Gasteiger partial charge in [-0.05, 0) is 48.4 Å². The second-order valence-electron chi connectivity index (χ2n) is 10.3. The second kappa shape index (κ2) is 9.25. The molecule has 186 valence electrons. The number of aliphatic hydroxyl groups is 1. The van der Waals surface area contributed by atoms with Crippen LogP contribution >= 0.6 is 0 Å². The Morgan fingerprint density at radius 2 is 1.71 bits per heavy atom. The molecule has 2 atom stereocenters. The topological polar surface area (TPSA) is 51.6 Å². The summed E-state index contributed by atoms with van der Waals surface area (Å²) in [4.78, 5) is 4.93. The van der Waals surface area contributed by atoms with Crippen molar-refractivity contribution in [2.24, 2.45) is 5.92 Å². The number of hydrogen-bond acceptors (Lipinski definition) is 4. The Hall–Kier alpha value is -1.96. The van der Waals surface area contributed by atoms with Gasteiger partial charge >= 0.3 is 6.18 Å². The van der Waals surface area contributed by atoms with E-state index in [1.165, 1.54) is 12.1 Å². The normalized spacial score (nSPS) is 20.9. The Balaban J connectivity index is 1.94. The smallest absolute Gasteiger partial charge is 0.388 e. The van der Waals surface area contributed by atoms with Crippen molar-refractivity contribution >= 4 is 0 Å². The fourth-order valence-electron chi connectivity index (χ4n) is 5.42. The van der Waals surface area contributed by atoms with Gasteiger partial charge in [-0.25, -0.2) is 0 Å². The average Bonchev–Trinajstić information content (AvgIpc) is 3.06. The van der Waals surface area contributed by atoms with Crippen LogP contribution in [0.4, 0.5) is 13.2 Å². The van der Waals surface area contributed by atoms with Crippen molar-refractivity contribution in [2.45, 2.75) is 83.8 Å². The minimum Gasteiger partial charge on any atom is -0.388 e. The third kappa shape index (κ3) is 4.50. The van der Waals surface area contributed by atoms with E-state index in [9.17, 15) is 18.3 Å². The number of nitrogens with zero attached hydrogens (tertiary/aromatic N) is 1. The highest BCUT2D eigenvalue weighted by Gasteiger charge is 2.50. The number of aryl methyl sites for hydroxylation is 1. The molecule has 2 aromatic rings. The van der Waals surface area contributed by atoms with Gasteiger partial charge in [0.25, 0.3) is 0 Å². The van der Waals surface area contributed by atoms with Crippen LogP contribution in [0.1, 0.15) is 104 Å². The van der Waals surface area contributed by atoms with E-state index in [1.54, 1.807) is 0 Å². The van der Waals surface area contributed by atoms with Crippen molar-refractivity contribution in [1.82, 2.24) is 4.98 Å². The highest BCUT2D eigenvalue weighted by Crippen LogP contribution is 2.55. The molecule has 1 aromatic heterocycles. The van der Waals surface area contributed by atoms with Gasteiger partial charge in [-0.2, -0.15) is 13.2 Å². The lowest BCUT2D eigenvalue weighted by Crippen LogP contribution is -2.35. The molecule has 3 heterocycles. The minimum absolute atomic E-state index is 0.0827. The van der Waals surface area contributed by atoms with Crippen molar-refractivity contribution in [3.8, 4) is 0 Å². The first-order valence-electron chi connectivity index (χ1n) is 12.1. The van der Waals surface area contributed by atoms with Crippen LogP contribution in [0.15, 0.2) is 24.3 Å². The summed E-state index contributed by atoms with van der Waals surface area (Å²) in [6.07, 6.45) is -3.81. The fourth-order valence-corrected chi connectivity index (χ4v) is 5.42. The largest absolute Gasteiger partial charge is 0.416 e. The number of aromatic nitrogens is 1. The lowest BCUT2D eigenvalue weighted by Gasteiger charge is -2.36. The zero-order valence-electron chi connectivity index (χ0n) is 20.5. The van der Waals surface area contributed by atoms with Crippen molar-refractivity contribution in [3.63, 3.8) is 0 Å². The number of alkyl halides is 3. The SMILES string of the molecule is Cc1nc(C(C)C)c2c(c1[C@@H](O)CC(C)C)C1(CCOCC1)OC2c1ccc(C(F)(F)F)cc1. The first kappa shape index (κ1) is 25.1. The molecule has 0 radical (unpaired) electrons. The van der Waals surface area contributed by atoms with E-state index in [0.717, 1.165) is 40.2 Å². The number of fused-ring (bicyclic) bond motifs is 2. The van der Waals surface area contributed by atoms with E-state index in [-0.39, 0.29) is 11.8 Å². The Bertz CT molecular complexity index is 1020. The molecule has 0 amide bonds. The Labute approximate surface area is 199 Å². The predicted molar refractivity (Wildman–Crippen MR) is 124 cm³/mol. The lowest BCUT2D eigenvalue weighted by molar-refractivity contribution is -0.137. The van der Waals surface area contributed by atoms with Gasteiger partial charge < -0.3 is 14.6 Å². The van der Waals surface area contributed by atoms with Crippen LogP contribution in [0, 0.1) is 12.8 Å². The maximum atomic E-state index is 13.2. The first-order valence-corrected chi connectivity index (χ1v) is 12.1. The van der Waals surface area contributed by atoms with Crippen LogP contribution < -0.4 is 0 Å². The van der Waals surface area contributed by atoms with Crippen molar-refractivity contribution in [3.05, 3.63) is 63.5 Å². The maximum Gasteiger partial charge on any atom is 0.416 e. The lowest BCUT2D eigenvalue weighted by atomic mass is 9.77. The zero-order chi connectivity index (χ0) is 24.8. The molecule has 4 nitrogen and oxygen atoms in total. The fraction of sp³-hybridized carbons (Fsp3) is 0.593. The number of ether oxygens (including phenoxy) is 2. The van der Waals surface area contributed by atoms with Gasteiger partial charge in [0.2, 0.25) is 0 Å². The molecule has 0 saturated carbocycles. The van der Waals surface area contributed by atoms with Crippen molar-refractivity contribution in [2.75, 3.05) is 13.2 Å². The second-order valence-corrected chi connectivity index (χ2v) is 10.3. The Kier molecular flexibility index (Phi) is 6.84. The van der Waals surface area contributed by atoms with E-state index in [1.807, 2.05) is 6.92 Å². The van der Waals surface area contributed by atoms with Gasteiger partial charge in [0.1, 0.15) is 6.10 Å². The van der Waals surface area contributed by atoms with Crippen LogP contribution in [0.5, 0.6) is 0 Å². The zero-order valence-corrected chi connectivity index (χ0v) is 20.5. The number of benzene rings is 1. The standard InChI is InChI=1S/C27H34F3NO3/c1-15(2)14-20(32)21-17(5)31-24(16(3)4)22-23(21)26(10-12-33-13-11-26)34-25(22)18-6-8-19(9-7-18)27(28,29)30/h6-9,15-16,20,25,32H,10-14H2,1-5H3/t20-,25?/m0/s1. The summed E-state index contributed by atoms with van der Waals surface area (Å²) in [6, 6.07) is 5.23. The molecular weight excluding hydrogens is 443 g/mol. The third-order valence-corrected chi connectivity index (χ3v) is 6.97. The van der Waals surface area contributed by atoms with Gasteiger partial charge in [-0.3, -0.25) is 4.98 Å². The Morgan fingerprint density at radius 3 is 2.24 bits per heavy atom. The molecule has 34 heavy (non-hydrogen) atoms. The number of hydrogen-bond donors (Lipinski definition) is 1. The average molecular weight is 478 g/mol. The number of aliphatic hydroxyl groups excluding tert-OH is 1. The summed E-state index contributed by atoms with van der Waals surface area (Å²) in [5, 5.41) is 11.3. The summed E-state index contributed by atoms with van der Waals surface area (Å²) in [5.74, 6) is 0.368. The minimum atomic E-state index is -4.40. The van der Waals surface area contributed by atoms with E-state index in [2.05, 4.69) is 27.7 Å². The highest BCUT2D eigenvalue weighted by molar-refractivity contribution is 5.53. The Morgan fingerprint density at radius 1 is 1.09 bits per heavy atom. The van der Waals surface area contributed by atoms with Crippen LogP contribution in [0.3, 0.4) is 0 Å². The molecule has 2 aliphatic rings. The molecule has 1 spiro atoms. The number of halogens is 3. The van der Waals surface area contributed by atoms with Crippen LogP contribution in [-0.4, -0.2) is 23.3 Å². The first-order chi connectivity index (χ1) is 15.9. The molecule has 1 fully saturated rings. The maximum absolute atomic E-state index is 13.2. The van der Waals surface area contributed by atoms with E-state index in [0.29, 0.717) is 38.0 Å². The molecule has 1 N–H and O–H groups in total. The predicted octanol–water partition coefficient (Wildman–Crippen LogP) is 6.74. The molecule has 1 aromatic carbocycles. The van der Waals surface area contributed by atoms with E-state index >= 15 is 0 Å². The van der Waals surface area contributed by atoms with Gasteiger partial charge in [0.05, 0.1) is 17.3 Å². The molecular formula is C27H34F3NO3. The summed E-state index contributed by atoms with van der Waals surface area (Å²) in [5.41, 5.74) is 3.67. The summed E-state index contributed by atoms with van der Waals surface area (Å²) in [6.45, 7) is 11.2. The summed E-state index contributed by atoms with van der Waals surface area (Å²) >= 11 is 0. The number of pyridine rings is 1. The van der Waals surface area contributed by atoms with Crippen molar-refractivity contribution in [1.29, 1.82) is 0 Å². The summed E-state index contributed by atoms with van der Waals surface area (Å²) < 4.78 is 52.1. The molecule has 0 aliphatic carbocycles. The number of rotatable bonds is 5. The molecule has 2 aliphatic heterocycles. The van der Waals surface area contributed by atoms with Gasteiger partial charge in [-0.15, -0.1) is 0 Å². The monoisotopic (exact) mass is 477 g/mol. The van der Waals surface area contributed by atoms with E-state index in [4.69, 9.17) is 14.5 Å². The molecule has 1 unspecified atom stereocenters. The van der Waals surface area contributed by atoms with Gasteiger partial charge in [0, 0.05) is 48.6 Å². The van der Waals surface area contributed by atoms with Crippen LogP contribution in [0.25, 0.3) is 0 Å². The molecule has 7 heteroatoms. The molecule has 1 saturated heterocycles. The quantitative estimate of drug-likeness (QED) is 0.518. The highest BCUT2D eigenvalue weighted by atomic mass is 19.4. The van der Waals surface area contributed by atoms with Gasteiger partial charge in [0.15, 0.2) is 0 Å². The van der Waals surface area contributed by atoms with E-state index < -0.39 is 29.5 Å². The van der Waals surface area contributed by atoms with Crippen LogP contribution in [0.2, 0.25) is 0 Å². The van der Waals surface area contributed by atoms with Crippen LogP contribution in [-0.2, 0) is 21.3 Å². The molecule has 0 bridgehead atoms. The third-order valence-electron chi connectivity index (χ3n) is 6.97. The molecule has 4 rings (SSSR count). The van der Waals surface area contributed by atoms with Crippen molar-refractivity contribution < 1.29 is 27.8 Å². The summed E-state index contributed by atoms with van der Waals surface area (Å²) in [7, 11) is 0.